The number of halogens is 1. The van der Waals surface area contributed by atoms with Crippen LogP contribution in [0.5, 0.6) is 0 Å². The predicted molar refractivity (Wildman–Crippen MR) is 106 cm³/mol. The lowest BCUT2D eigenvalue weighted by Crippen LogP contribution is -2.09. The summed E-state index contributed by atoms with van der Waals surface area (Å²) in [6, 6.07) is 12.1. The van der Waals surface area contributed by atoms with Crippen LogP contribution in [0.3, 0.4) is 0 Å². The van der Waals surface area contributed by atoms with Gasteiger partial charge in [0, 0.05) is 30.2 Å². The summed E-state index contributed by atoms with van der Waals surface area (Å²) in [6.45, 7) is 1.99. The van der Waals surface area contributed by atoms with E-state index >= 15 is 0 Å². The third-order valence-electron chi connectivity index (χ3n) is 4.19. The minimum atomic E-state index is -0.259. The Labute approximate surface area is 161 Å². The summed E-state index contributed by atoms with van der Waals surface area (Å²) in [5.74, 6) is 1.61. The number of rotatable bonds is 6. The van der Waals surface area contributed by atoms with Gasteiger partial charge < -0.3 is 10.6 Å². The Morgan fingerprint density at radius 1 is 0.964 bits per heavy atom. The molecular weight excluding hydrogens is 357 g/mol. The summed E-state index contributed by atoms with van der Waals surface area (Å²) >= 11 is 0. The normalized spacial score (nSPS) is 11.8. The highest BCUT2D eigenvalue weighted by atomic mass is 19.1. The van der Waals surface area contributed by atoms with Gasteiger partial charge in [0.15, 0.2) is 0 Å². The van der Waals surface area contributed by atoms with Crippen LogP contribution >= 0.6 is 0 Å². The molecule has 0 spiro atoms. The first-order valence-corrected chi connectivity index (χ1v) is 8.74. The fraction of sp³-hybridized carbons (Fsp3) is 0.100. The molecule has 0 aliphatic heterocycles. The fourth-order valence-electron chi connectivity index (χ4n) is 2.79. The van der Waals surface area contributed by atoms with E-state index in [0.717, 1.165) is 16.8 Å². The second-order valence-electron chi connectivity index (χ2n) is 6.23. The average molecular weight is 375 g/mol. The number of hydrogen-bond donors (Lipinski definition) is 3. The smallest absolute Gasteiger partial charge is 0.150 e. The maximum atomic E-state index is 13.2. The van der Waals surface area contributed by atoms with Gasteiger partial charge in [-0.15, -0.1) is 0 Å². The molecule has 8 heteroatoms. The van der Waals surface area contributed by atoms with Crippen molar-refractivity contribution in [2.75, 3.05) is 10.6 Å². The molecule has 140 valence electrons. The molecule has 0 amide bonds. The van der Waals surface area contributed by atoms with E-state index < -0.39 is 0 Å². The van der Waals surface area contributed by atoms with Crippen LogP contribution in [-0.2, 0) is 0 Å². The molecule has 0 aliphatic carbocycles. The third kappa shape index (κ3) is 4.12. The molecule has 1 aromatic carbocycles. The van der Waals surface area contributed by atoms with Crippen molar-refractivity contribution in [1.82, 2.24) is 25.1 Å². The second-order valence-corrected chi connectivity index (χ2v) is 6.23. The van der Waals surface area contributed by atoms with Crippen molar-refractivity contribution < 1.29 is 4.39 Å². The first-order chi connectivity index (χ1) is 13.7. The van der Waals surface area contributed by atoms with E-state index in [9.17, 15) is 4.39 Å². The number of nitrogens with one attached hydrogen (secondary N) is 3. The van der Waals surface area contributed by atoms with Crippen LogP contribution < -0.4 is 10.6 Å². The largest absolute Gasteiger partial charge is 0.363 e. The fourth-order valence-corrected chi connectivity index (χ4v) is 2.79. The predicted octanol–water partition coefficient (Wildman–Crippen LogP) is 4.32. The van der Waals surface area contributed by atoms with Gasteiger partial charge in [0.2, 0.25) is 0 Å². The molecule has 0 aliphatic rings. The Balaban J connectivity index is 1.64. The topological polar surface area (TPSA) is 91.4 Å². The van der Waals surface area contributed by atoms with Crippen molar-refractivity contribution in [3.63, 3.8) is 0 Å². The van der Waals surface area contributed by atoms with Gasteiger partial charge in [-0.1, -0.05) is 12.1 Å². The Morgan fingerprint density at radius 3 is 2.50 bits per heavy atom. The van der Waals surface area contributed by atoms with Crippen molar-refractivity contribution in [3.05, 3.63) is 78.6 Å². The maximum Gasteiger partial charge on any atom is 0.150 e. The van der Waals surface area contributed by atoms with E-state index in [1.165, 1.54) is 12.1 Å². The van der Waals surface area contributed by atoms with Crippen LogP contribution in [-0.4, -0.2) is 25.1 Å². The summed E-state index contributed by atoms with van der Waals surface area (Å²) in [4.78, 5) is 12.9. The van der Waals surface area contributed by atoms with Crippen molar-refractivity contribution in [2.45, 2.75) is 13.0 Å². The summed E-state index contributed by atoms with van der Waals surface area (Å²) in [6.07, 6.45) is 6.53. The van der Waals surface area contributed by atoms with Gasteiger partial charge in [0.25, 0.3) is 0 Å². The van der Waals surface area contributed by atoms with E-state index in [2.05, 4.69) is 35.8 Å². The first kappa shape index (κ1) is 17.6. The van der Waals surface area contributed by atoms with Crippen LogP contribution in [0.2, 0.25) is 0 Å². The average Bonchev–Trinajstić information content (AvgIpc) is 3.24. The van der Waals surface area contributed by atoms with Gasteiger partial charge in [0.1, 0.15) is 23.3 Å². The zero-order chi connectivity index (χ0) is 19.3. The molecule has 0 bridgehead atoms. The number of H-pyrrole nitrogens is 1. The van der Waals surface area contributed by atoms with Crippen molar-refractivity contribution in [1.29, 1.82) is 0 Å². The number of pyridine rings is 1. The highest BCUT2D eigenvalue weighted by Crippen LogP contribution is 2.27. The number of hydrogen-bond acceptors (Lipinski definition) is 6. The standard InChI is InChI=1S/C20H18FN7/c1-13(14-2-4-16(21)5-3-14)25-18-10-15(17-6-7-24-28-17)11-19(26-18)27-20-12-22-8-9-23-20/h2-13H,1H3,(H,24,28)(H2,23,25,26,27)/t13-/m0/s1. The number of aromatic nitrogens is 5. The Bertz CT molecular complexity index is 1030. The van der Waals surface area contributed by atoms with Crippen molar-refractivity contribution in [3.8, 4) is 11.3 Å². The molecule has 0 unspecified atom stereocenters. The monoisotopic (exact) mass is 375 g/mol. The van der Waals surface area contributed by atoms with E-state index in [-0.39, 0.29) is 11.9 Å². The summed E-state index contributed by atoms with van der Waals surface area (Å²) in [7, 11) is 0. The molecule has 4 rings (SSSR count). The van der Waals surface area contributed by atoms with Gasteiger partial charge in [-0.25, -0.2) is 14.4 Å². The molecule has 0 fully saturated rings. The molecule has 0 saturated carbocycles. The van der Waals surface area contributed by atoms with Crippen LogP contribution in [0.15, 0.2) is 67.3 Å². The van der Waals surface area contributed by atoms with Gasteiger partial charge in [-0.3, -0.25) is 10.1 Å². The highest BCUT2D eigenvalue weighted by molar-refractivity contribution is 5.69. The lowest BCUT2D eigenvalue weighted by Gasteiger charge is -2.17. The SMILES string of the molecule is C[C@H](Nc1cc(-c2ccn[nH]2)cc(Nc2cnccn2)n1)c1ccc(F)cc1. The van der Waals surface area contributed by atoms with Gasteiger partial charge >= 0.3 is 0 Å². The van der Waals surface area contributed by atoms with E-state index in [1.807, 2.05) is 25.1 Å². The van der Waals surface area contributed by atoms with Crippen LogP contribution in [0.4, 0.5) is 21.8 Å². The van der Waals surface area contributed by atoms with Crippen LogP contribution in [0.25, 0.3) is 11.3 Å². The van der Waals surface area contributed by atoms with Gasteiger partial charge in [-0.05, 0) is 42.8 Å². The second kappa shape index (κ2) is 7.83. The molecule has 3 aromatic heterocycles. The van der Waals surface area contributed by atoms with Crippen LogP contribution in [0.1, 0.15) is 18.5 Å². The molecule has 1 atom stereocenters. The molecule has 0 saturated heterocycles. The number of benzene rings is 1. The van der Waals surface area contributed by atoms with E-state index in [4.69, 9.17) is 0 Å². The zero-order valence-electron chi connectivity index (χ0n) is 15.1. The van der Waals surface area contributed by atoms with Gasteiger partial charge in [0.05, 0.1) is 11.9 Å². The van der Waals surface area contributed by atoms with E-state index in [1.54, 1.807) is 36.9 Å². The minimum absolute atomic E-state index is 0.0607. The lowest BCUT2D eigenvalue weighted by atomic mass is 10.1. The zero-order valence-corrected chi connectivity index (χ0v) is 15.1. The minimum Gasteiger partial charge on any atom is -0.363 e. The summed E-state index contributed by atoms with van der Waals surface area (Å²) in [5.41, 5.74) is 2.73. The molecule has 7 nitrogen and oxygen atoms in total. The van der Waals surface area contributed by atoms with Crippen molar-refractivity contribution >= 4 is 17.5 Å². The third-order valence-corrected chi connectivity index (χ3v) is 4.19. The molecule has 4 aromatic rings. The number of aromatic amines is 1. The quantitative estimate of drug-likeness (QED) is 0.465. The Morgan fingerprint density at radius 2 is 1.79 bits per heavy atom. The Hall–Kier alpha value is -3.81. The highest BCUT2D eigenvalue weighted by Gasteiger charge is 2.11. The van der Waals surface area contributed by atoms with Gasteiger partial charge in [-0.2, -0.15) is 5.10 Å². The lowest BCUT2D eigenvalue weighted by molar-refractivity contribution is 0.626. The summed E-state index contributed by atoms with van der Waals surface area (Å²) < 4.78 is 13.2. The van der Waals surface area contributed by atoms with Crippen LogP contribution in [0, 0.1) is 5.82 Å². The van der Waals surface area contributed by atoms with Crippen molar-refractivity contribution in [2.24, 2.45) is 0 Å². The molecule has 28 heavy (non-hydrogen) atoms. The molecular formula is C20H18FN7. The Kier molecular flexibility index (Phi) is 4.92. The molecule has 3 heterocycles. The summed E-state index contributed by atoms with van der Waals surface area (Å²) in [5, 5.41) is 13.5. The molecule has 0 radical (unpaired) electrons. The maximum absolute atomic E-state index is 13.2. The molecule has 3 N–H and O–H groups in total. The van der Waals surface area contributed by atoms with E-state index in [0.29, 0.717) is 17.5 Å². The number of anilines is 3. The number of nitrogens with zero attached hydrogens (tertiary/aromatic N) is 4. The first-order valence-electron chi connectivity index (χ1n) is 8.74.